The largest absolute Gasteiger partial charge is 0.497 e. The molecule has 1 N–H and O–H groups in total. The molecule has 0 spiro atoms. The van der Waals surface area contributed by atoms with Gasteiger partial charge < -0.3 is 14.4 Å². The van der Waals surface area contributed by atoms with E-state index in [1.807, 2.05) is 0 Å². The molecule has 1 aliphatic carbocycles. The van der Waals surface area contributed by atoms with Gasteiger partial charge in [0.2, 0.25) is 5.88 Å². The minimum atomic E-state index is -4.39. The Bertz CT molecular complexity index is 952. The van der Waals surface area contributed by atoms with Crippen LogP contribution in [0.15, 0.2) is 36.5 Å². The lowest BCUT2D eigenvalue weighted by Gasteiger charge is -2.30. The molecule has 9 heteroatoms. The summed E-state index contributed by atoms with van der Waals surface area (Å²) in [4.78, 5) is 13.7. The van der Waals surface area contributed by atoms with E-state index >= 15 is 0 Å². The first-order valence-corrected chi connectivity index (χ1v) is 13.0. The highest BCUT2D eigenvalue weighted by Gasteiger charge is 2.36. The molecule has 1 atom stereocenters. The number of hydrogen-bond acceptors (Lipinski definition) is 4. The third-order valence-electron chi connectivity index (χ3n) is 5.93. The molecule has 32 heavy (non-hydrogen) atoms. The van der Waals surface area contributed by atoms with E-state index in [1.165, 1.54) is 25.9 Å². The summed E-state index contributed by atoms with van der Waals surface area (Å²) in [6.07, 6.45) is 0.729. The molecule has 0 saturated heterocycles. The van der Waals surface area contributed by atoms with E-state index in [9.17, 15) is 22.6 Å². The normalized spacial score (nSPS) is 21.1. The predicted molar refractivity (Wildman–Crippen MR) is 117 cm³/mol. The van der Waals surface area contributed by atoms with Crippen LogP contribution in [-0.2, 0) is 17.2 Å². The van der Waals surface area contributed by atoms with Crippen molar-refractivity contribution in [1.29, 1.82) is 0 Å². The highest BCUT2D eigenvalue weighted by Crippen LogP contribution is 2.43. The highest BCUT2D eigenvalue weighted by atomic mass is 31.2. The fourth-order valence-electron chi connectivity index (χ4n) is 4.13. The number of halogens is 3. The smallest absolute Gasteiger partial charge is 0.416 e. The zero-order valence-electron chi connectivity index (χ0n) is 18.3. The van der Waals surface area contributed by atoms with Crippen molar-refractivity contribution >= 4 is 7.37 Å². The summed E-state index contributed by atoms with van der Waals surface area (Å²) in [6, 6.07) is 7.54. The molecule has 0 amide bonds. The number of nitrogens with zero attached hydrogens (tertiary/aromatic N) is 1. The lowest BCUT2D eigenvalue weighted by Crippen LogP contribution is -2.21. The molecule has 1 aliphatic rings. The first kappa shape index (κ1) is 24.6. The summed E-state index contributed by atoms with van der Waals surface area (Å²) in [5.74, 6) is 0.971. The minimum Gasteiger partial charge on any atom is -0.497 e. The van der Waals surface area contributed by atoms with Gasteiger partial charge in [-0.2, -0.15) is 13.2 Å². The zero-order valence-corrected chi connectivity index (χ0v) is 19.2. The van der Waals surface area contributed by atoms with Gasteiger partial charge in [-0.05, 0) is 79.3 Å². The van der Waals surface area contributed by atoms with E-state index in [1.54, 1.807) is 18.3 Å². The van der Waals surface area contributed by atoms with E-state index < -0.39 is 19.1 Å². The van der Waals surface area contributed by atoms with Crippen LogP contribution in [0.5, 0.6) is 11.6 Å². The fourth-order valence-corrected chi connectivity index (χ4v) is 4.80. The van der Waals surface area contributed by atoms with Gasteiger partial charge in [-0.1, -0.05) is 0 Å². The van der Waals surface area contributed by atoms with Crippen LogP contribution in [0.25, 0.3) is 0 Å². The van der Waals surface area contributed by atoms with Crippen LogP contribution in [0.2, 0.25) is 0 Å². The Morgan fingerprint density at radius 3 is 2.50 bits per heavy atom. The number of aromatic nitrogens is 1. The molecule has 0 radical (unpaired) electrons. The number of ether oxygens (including phenoxy) is 2. The van der Waals surface area contributed by atoms with E-state index in [4.69, 9.17) is 9.47 Å². The van der Waals surface area contributed by atoms with Crippen molar-refractivity contribution in [2.24, 2.45) is 5.92 Å². The molecule has 5 nitrogen and oxygen atoms in total. The van der Waals surface area contributed by atoms with Crippen molar-refractivity contribution in [1.82, 2.24) is 4.98 Å². The molecule has 0 bridgehead atoms. The molecule has 1 unspecified atom stereocenters. The third kappa shape index (κ3) is 6.97. The average Bonchev–Trinajstić information content (AvgIpc) is 2.75. The Labute approximate surface area is 186 Å². The van der Waals surface area contributed by atoms with E-state index in [0.29, 0.717) is 43.1 Å². The monoisotopic (exact) mass is 471 g/mol. The topological polar surface area (TPSA) is 68.7 Å². The van der Waals surface area contributed by atoms with Crippen molar-refractivity contribution in [3.8, 4) is 11.6 Å². The standard InChI is InChI=1S/C23H29F3NO4P/c1-30-19-7-8-21(23(24,25)26)20(14-19)18-5-3-17(4-6-18)15-31-22-13-16(9-11-27-22)10-12-32(2,28)29/h7-9,11,13-14,17-18H,3-6,10,12,15H2,1-2H3,(H,28,29). The molecule has 176 valence electrons. The van der Waals surface area contributed by atoms with Gasteiger partial charge in [0.15, 0.2) is 7.37 Å². The van der Waals surface area contributed by atoms with E-state index in [2.05, 4.69) is 4.98 Å². The van der Waals surface area contributed by atoms with Crippen LogP contribution in [0.4, 0.5) is 13.2 Å². The molecule has 0 aliphatic heterocycles. The Balaban J connectivity index is 1.57. The number of aryl methyl sites for hydroxylation is 1. The molecule has 2 aromatic rings. The number of alkyl halides is 3. The summed E-state index contributed by atoms with van der Waals surface area (Å²) in [7, 11) is -1.62. The number of pyridine rings is 1. The molecular formula is C23H29F3NO4P. The number of methoxy groups -OCH3 is 1. The number of hydrogen-bond donors (Lipinski definition) is 1. The van der Waals surface area contributed by atoms with Gasteiger partial charge in [0.25, 0.3) is 0 Å². The number of benzene rings is 1. The lowest BCUT2D eigenvalue weighted by atomic mass is 9.77. The second-order valence-electron chi connectivity index (χ2n) is 8.51. The SMILES string of the molecule is COc1ccc(C(F)(F)F)c(C2CCC(COc3cc(CCP(C)(=O)O)ccn3)CC2)c1. The van der Waals surface area contributed by atoms with Crippen LogP contribution in [0.1, 0.15) is 48.3 Å². The molecule has 1 aromatic carbocycles. The van der Waals surface area contributed by atoms with Crippen molar-refractivity contribution in [2.45, 2.75) is 44.2 Å². The summed E-state index contributed by atoms with van der Waals surface area (Å²) >= 11 is 0. The maximum absolute atomic E-state index is 13.5. The van der Waals surface area contributed by atoms with Crippen LogP contribution in [-0.4, -0.2) is 36.4 Å². The quantitative estimate of drug-likeness (QED) is 0.485. The average molecular weight is 471 g/mol. The molecule has 3 rings (SSSR count). The van der Waals surface area contributed by atoms with Crippen molar-refractivity contribution < 1.29 is 32.1 Å². The fraction of sp³-hybridized carbons (Fsp3) is 0.522. The second kappa shape index (κ2) is 10.3. The van der Waals surface area contributed by atoms with E-state index in [-0.39, 0.29) is 18.0 Å². The van der Waals surface area contributed by atoms with Gasteiger partial charge in [0.05, 0.1) is 19.3 Å². The second-order valence-corrected chi connectivity index (χ2v) is 11.1. The Kier molecular flexibility index (Phi) is 7.88. The first-order valence-electron chi connectivity index (χ1n) is 10.7. The van der Waals surface area contributed by atoms with E-state index in [0.717, 1.165) is 24.5 Å². The summed E-state index contributed by atoms with van der Waals surface area (Å²) < 4.78 is 62.9. The van der Waals surface area contributed by atoms with Crippen molar-refractivity contribution in [3.05, 3.63) is 53.2 Å². The number of rotatable bonds is 8. The summed E-state index contributed by atoms with van der Waals surface area (Å²) in [5, 5.41) is 0. The van der Waals surface area contributed by atoms with Gasteiger partial charge in [0, 0.05) is 25.1 Å². The first-order chi connectivity index (χ1) is 15.0. The van der Waals surface area contributed by atoms with Gasteiger partial charge in [-0.3, -0.25) is 4.57 Å². The lowest BCUT2D eigenvalue weighted by molar-refractivity contribution is -0.138. The van der Waals surface area contributed by atoms with Gasteiger partial charge in [-0.25, -0.2) is 4.98 Å². The van der Waals surface area contributed by atoms with Gasteiger partial charge in [0.1, 0.15) is 5.75 Å². The highest BCUT2D eigenvalue weighted by molar-refractivity contribution is 7.57. The Morgan fingerprint density at radius 2 is 1.88 bits per heavy atom. The maximum atomic E-state index is 13.5. The molecule has 1 fully saturated rings. The maximum Gasteiger partial charge on any atom is 0.416 e. The van der Waals surface area contributed by atoms with Crippen LogP contribution >= 0.6 is 7.37 Å². The van der Waals surface area contributed by atoms with Gasteiger partial charge >= 0.3 is 6.18 Å². The van der Waals surface area contributed by atoms with Crippen LogP contribution in [0.3, 0.4) is 0 Å². The predicted octanol–water partition coefficient (Wildman–Crippen LogP) is 5.90. The Morgan fingerprint density at radius 1 is 1.16 bits per heavy atom. The Hall–Kier alpha value is -2.05. The third-order valence-corrected chi connectivity index (χ3v) is 6.99. The van der Waals surface area contributed by atoms with Crippen molar-refractivity contribution in [3.63, 3.8) is 0 Å². The summed E-state index contributed by atoms with van der Waals surface area (Å²) in [5.41, 5.74) is 0.605. The molecule has 1 saturated carbocycles. The summed E-state index contributed by atoms with van der Waals surface area (Å²) in [6.45, 7) is 1.78. The van der Waals surface area contributed by atoms with Gasteiger partial charge in [-0.15, -0.1) is 0 Å². The molecule has 1 aromatic heterocycles. The minimum absolute atomic E-state index is 0.164. The molecule has 1 heterocycles. The van der Waals surface area contributed by atoms with Crippen molar-refractivity contribution in [2.75, 3.05) is 26.5 Å². The molecular weight excluding hydrogens is 442 g/mol. The van der Waals surface area contributed by atoms with Crippen LogP contribution < -0.4 is 9.47 Å². The van der Waals surface area contributed by atoms with Crippen LogP contribution in [0, 0.1) is 5.92 Å². The zero-order chi connectivity index (χ0) is 23.4.